The summed E-state index contributed by atoms with van der Waals surface area (Å²) in [7, 11) is 3.03. The molecule has 9 heteroatoms. The molecule has 1 amide bonds. The maximum Gasteiger partial charge on any atom is 0.275 e. The van der Waals surface area contributed by atoms with Crippen molar-refractivity contribution in [2.75, 3.05) is 19.5 Å². The van der Waals surface area contributed by atoms with Crippen LogP contribution in [0.5, 0.6) is 17.2 Å². The van der Waals surface area contributed by atoms with Crippen LogP contribution in [0.15, 0.2) is 66.0 Å². The SMILES string of the molecule is COc1ccc(NC(=O)c2csc(-c3ccc(OCc4c(F)cccc4F)c(OC)c3)n2)cc1. The molecule has 4 rings (SSSR count). The predicted octanol–water partition coefficient (Wildman–Crippen LogP) is 5.94. The molecule has 0 saturated carbocycles. The van der Waals surface area contributed by atoms with Crippen LogP contribution < -0.4 is 19.5 Å². The highest BCUT2D eigenvalue weighted by Gasteiger charge is 2.16. The fourth-order valence-electron chi connectivity index (χ4n) is 3.12. The van der Waals surface area contributed by atoms with Gasteiger partial charge >= 0.3 is 0 Å². The minimum atomic E-state index is -0.682. The molecule has 0 spiro atoms. The number of carbonyl (C=O) groups excluding carboxylic acids is 1. The van der Waals surface area contributed by atoms with Gasteiger partial charge in [-0.05, 0) is 54.6 Å². The van der Waals surface area contributed by atoms with Crippen molar-refractivity contribution < 1.29 is 27.8 Å². The Kier molecular flexibility index (Phi) is 7.03. The Bertz CT molecular complexity index is 1290. The molecule has 0 radical (unpaired) electrons. The minimum absolute atomic E-state index is 0.166. The van der Waals surface area contributed by atoms with Crippen LogP contribution in [0.2, 0.25) is 0 Å². The zero-order chi connectivity index (χ0) is 24.1. The molecule has 0 saturated heterocycles. The molecule has 1 aromatic heterocycles. The molecule has 0 aliphatic carbocycles. The Morgan fingerprint density at radius 1 is 0.971 bits per heavy atom. The summed E-state index contributed by atoms with van der Waals surface area (Å²) in [4.78, 5) is 17.0. The average Bonchev–Trinajstić information content (AvgIpc) is 3.35. The number of thiazole rings is 1. The van der Waals surface area contributed by atoms with Crippen molar-refractivity contribution >= 4 is 22.9 Å². The summed E-state index contributed by atoms with van der Waals surface area (Å²) in [5.41, 5.74) is 1.43. The van der Waals surface area contributed by atoms with E-state index in [0.717, 1.165) is 0 Å². The van der Waals surface area contributed by atoms with Crippen molar-refractivity contribution in [3.63, 3.8) is 0 Å². The molecule has 0 aliphatic rings. The van der Waals surface area contributed by atoms with Gasteiger partial charge < -0.3 is 19.5 Å². The number of hydrogen-bond acceptors (Lipinski definition) is 6. The molecule has 34 heavy (non-hydrogen) atoms. The van der Waals surface area contributed by atoms with Crippen molar-refractivity contribution in [3.05, 3.63) is 88.9 Å². The number of nitrogens with one attached hydrogen (secondary N) is 1. The first-order chi connectivity index (χ1) is 16.5. The van der Waals surface area contributed by atoms with Crippen molar-refractivity contribution in [1.29, 1.82) is 0 Å². The quantitative estimate of drug-likeness (QED) is 0.337. The van der Waals surface area contributed by atoms with E-state index in [4.69, 9.17) is 14.2 Å². The Balaban J connectivity index is 1.47. The summed E-state index contributed by atoms with van der Waals surface area (Å²) in [5, 5.41) is 5.05. The van der Waals surface area contributed by atoms with Gasteiger partial charge in [-0.1, -0.05) is 6.07 Å². The molecular formula is C25H20F2N2O4S. The second kappa shape index (κ2) is 10.3. The molecule has 174 valence electrons. The van der Waals surface area contributed by atoms with E-state index < -0.39 is 11.6 Å². The van der Waals surface area contributed by atoms with Crippen LogP contribution in [0.4, 0.5) is 14.5 Å². The molecule has 0 unspecified atom stereocenters. The number of nitrogens with zero attached hydrogens (tertiary/aromatic N) is 1. The van der Waals surface area contributed by atoms with E-state index in [1.165, 1.54) is 36.6 Å². The number of anilines is 1. The molecule has 0 atom stereocenters. The number of amides is 1. The third-order valence-electron chi connectivity index (χ3n) is 4.93. The van der Waals surface area contributed by atoms with Gasteiger partial charge in [0.05, 0.1) is 19.8 Å². The molecule has 0 aliphatic heterocycles. The van der Waals surface area contributed by atoms with Crippen molar-refractivity contribution in [2.45, 2.75) is 6.61 Å². The van der Waals surface area contributed by atoms with E-state index in [-0.39, 0.29) is 23.8 Å². The smallest absolute Gasteiger partial charge is 0.275 e. The normalized spacial score (nSPS) is 10.6. The standard InChI is InChI=1S/C25H20F2N2O4S/c1-31-17-9-7-16(8-10-17)28-24(30)21-14-34-25(29-21)15-6-11-22(23(12-15)32-2)33-13-18-19(26)4-3-5-20(18)27/h3-12,14H,13H2,1-2H3,(H,28,30). The Hall–Kier alpha value is -3.98. The Morgan fingerprint density at radius 3 is 2.38 bits per heavy atom. The number of ether oxygens (including phenoxy) is 3. The highest BCUT2D eigenvalue weighted by atomic mass is 32.1. The van der Waals surface area contributed by atoms with E-state index in [2.05, 4.69) is 10.3 Å². The van der Waals surface area contributed by atoms with E-state index in [0.29, 0.717) is 33.5 Å². The molecule has 0 bridgehead atoms. The zero-order valence-corrected chi connectivity index (χ0v) is 19.1. The topological polar surface area (TPSA) is 69.7 Å². The van der Waals surface area contributed by atoms with Crippen LogP contribution >= 0.6 is 11.3 Å². The highest BCUT2D eigenvalue weighted by molar-refractivity contribution is 7.13. The largest absolute Gasteiger partial charge is 0.497 e. The fourth-order valence-corrected chi connectivity index (χ4v) is 3.92. The number of hydrogen-bond donors (Lipinski definition) is 1. The Morgan fingerprint density at radius 2 is 1.71 bits per heavy atom. The molecule has 1 heterocycles. The number of rotatable bonds is 8. The van der Waals surface area contributed by atoms with Crippen LogP contribution in [0.3, 0.4) is 0 Å². The second-order valence-electron chi connectivity index (χ2n) is 7.08. The summed E-state index contributed by atoms with van der Waals surface area (Å²) < 4.78 is 43.8. The second-order valence-corrected chi connectivity index (χ2v) is 7.93. The fraction of sp³-hybridized carbons (Fsp3) is 0.120. The third-order valence-corrected chi connectivity index (χ3v) is 5.82. The highest BCUT2D eigenvalue weighted by Crippen LogP contribution is 2.34. The van der Waals surface area contributed by atoms with Gasteiger partial charge in [-0.3, -0.25) is 4.79 Å². The van der Waals surface area contributed by atoms with Crippen LogP contribution in [0.1, 0.15) is 16.1 Å². The first kappa shape index (κ1) is 23.2. The van der Waals surface area contributed by atoms with Gasteiger partial charge in [-0.2, -0.15) is 0 Å². The first-order valence-electron chi connectivity index (χ1n) is 10.1. The van der Waals surface area contributed by atoms with Crippen LogP contribution in [0, 0.1) is 11.6 Å². The number of benzene rings is 3. The van der Waals surface area contributed by atoms with Gasteiger partial charge in [-0.15, -0.1) is 11.3 Å². The maximum absolute atomic E-state index is 13.9. The third kappa shape index (κ3) is 5.15. The summed E-state index contributed by atoms with van der Waals surface area (Å²) in [6, 6.07) is 15.7. The predicted molar refractivity (Wildman–Crippen MR) is 126 cm³/mol. The van der Waals surface area contributed by atoms with Crippen molar-refractivity contribution in [2.24, 2.45) is 0 Å². The van der Waals surface area contributed by atoms with E-state index in [1.54, 1.807) is 55.0 Å². The van der Waals surface area contributed by atoms with E-state index in [9.17, 15) is 13.6 Å². The number of halogens is 2. The molecule has 6 nitrogen and oxygen atoms in total. The summed E-state index contributed by atoms with van der Waals surface area (Å²) >= 11 is 1.30. The first-order valence-corrected chi connectivity index (χ1v) is 11.0. The van der Waals surface area contributed by atoms with Crippen LogP contribution in [-0.4, -0.2) is 25.1 Å². The molecule has 0 fully saturated rings. The van der Waals surface area contributed by atoms with Gasteiger partial charge in [0, 0.05) is 16.6 Å². The zero-order valence-electron chi connectivity index (χ0n) is 18.3. The molecular weight excluding hydrogens is 462 g/mol. The summed E-state index contributed by atoms with van der Waals surface area (Å²) in [6.45, 7) is -0.291. The van der Waals surface area contributed by atoms with Crippen LogP contribution in [0.25, 0.3) is 10.6 Å². The lowest BCUT2D eigenvalue weighted by Crippen LogP contribution is -2.12. The van der Waals surface area contributed by atoms with Gasteiger partial charge in [0.15, 0.2) is 11.5 Å². The number of methoxy groups -OCH3 is 2. The lowest BCUT2D eigenvalue weighted by Gasteiger charge is -2.12. The van der Waals surface area contributed by atoms with E-state index >= 15 is 0 Å². The van der Waals surface area contributed by atoms with Gasteiger partial charge in [0.25, 0.3) is 5.91 Å². The summed E-state index contributed by atoms with van der Waals surface area (Å²) in [6.07, 6.45) is 0. The molecule has 4 aromatic rings. The van der Waals surface area contributed by atoms with Gasteiger partial charge in [0.1, 0.15) is 34.7 Å². The monoisotopic (exact) mass is 482 g/mol. The minimum Gasteiger partial charge on any atom is -0.497 e. The molecule has 1 N–H and O–H groups in total. The molecule has 3 aromatic carbocycles. The average molecular weight is 483 g/mol. The number of aromatic nitrogens is 1. The van der Waals surface area contributed by atoms with Gasteiger partial charge in [0.2, 0.25) is 0 Å². The van der Waals surface area contributed by atoms with Crippen molar-refractivity contribution in [3.8, 4) is 27.8 Å². The maximum atomic E-state index is 13.9. The van der Waals surface area contributed by atoms with E-state index in [1.807, 2.05) is 0 Å². The Labute approximate surface area is 198 Å². The number of carbonyl (C=O) groups is 1. The lowest BCUT2D eigenvalue weighted by atomic mass is 10.2. The van der Waals surface area contributed by atoms with Gasteiger partial charge in [-0.25, -0.2) is 13.8 Å². The lowest BCUT2D eigenvalue weighted by molar-refractivity contribution is 0.102. The van der Waals surface area contributed by atoms with Crippen LogP contribution in [-0.2, 0) is 6.61 Å². The van der Waals surface area contributed by atoms with Crippen molar-refractivity contribution in [1.82, 2.24) is 4.98 Å². The summed E-state index contributed by atoms with van der Waals surface area (Å²) in [5.74, 6) is -0.324.